The molecule has 0 amide bonds. The SMILES string of the molecule is COc1cccc2c1OCC(CN1CCC(c3noc(C)n3)CC1)=C2. The summed E-state index contributed by atoms with van der Waals surface area (Å²) in [4.78, 5) is 6.85. The smallest absolute Gasteiger partial charge is 0.223 e. The zero-order valence-electron chi connectivity index (χ0n) is 14.7. The number of ether oxygens (including phenoxy) is 2. The lowest BCUT2D eigenvalue weighted by Gasteiger charge is -2.32. The molecule has 0 spiro atoms. The molecule has 0 unspecified atom stereocenters. The zero-order chi connectivity index (χ0) is 17.2. The van der Waals surface area contributed by atoms with Gasteiger partial charge in [-0.1, -0.05) is 17.3 Å². The number of fused-ring (bicyclic) bond motifs is 1. The molecule has 1 saturated heterocycles. The van der Waals surface area contributed by atoms with Gasteiger partial charge in [0, 0.05) is 24.9 Å². The van der Waals surface area contributed by atoms with E-state index in [0.29, 0.717) is 18.4 Å². The number of methoxy groups -OCH3 is 1. The highest BCUT2D eigenvalue weighted by Crippen LogP contribution is 2.36. The molecule has 1 aromatic heterocycles. The van der Waals surface area contributed by atoms with Gasteiger partial charge in [0.2, 0.25) is 5.89 Å². The van der Waals surface area contributed by atoms with Gasteiger partial charge in [-0.15, -0.1) is 0 Å². The fraction of sp³-hybridized carbons (Fsp3) is 0.474. The van der Waals surface area contributed by atoms with E-state index in [1.165, 1.54) is 5.57 Å². The summed E-state index contributed by atoms with van der Waals surface area (Å²) in [5.41, 5.74) is 2.40. The van der Waals surface area contributed by atoms with E-state index in [1.807, 2.05) is 19.1 Å². The molecule has 2 aliphatic heterocycles. The van der Waals surface area contributed by atoms with E-state index in [-0.39, 0.29) is 0 Å². The Labute approximate surface area is 147 Å². The minimum atomic E-state index is 0.412. The molecule has 0 saturated carbocycles. The third-order valence-corrected chi connectivity index (χ3v) is 4.91. The maximum Gasteiger partial charge on any atom is 0.223 e. The van der Waals surface area contributed by atoms with Crippen LogP contribution in [0.4, 0.5) is 0 Å². The molecular weight excluding hydrogens is 318 g/mol. The van der Waals surface area contributed by atoms with Crippen LogP contribution in [0.3, 0.4) is 0 Å². The number of nitrogens with zero attached hydrogens (tertiary/aromatic N) is 3. The number of hydrogen-bond acceptors (Lipinski definition) is 6. The lowest BCUT2D eigenvalue weighted by molar-refractivity contribution is 0.213. The van der Waals surface area contributed by atoms with E-state index in [0.717, 1.165) is 55.4 Å². The standard InChI is InChI=1S/C19H23N3O3/c1-13-20-19(21-25-13)15-6-8-22(9-7-15)11-14-10-16-4-3-5-17(23-2)18(16)24-12-14/h3-5,10,15H,6-9,11-12H2,1-2H3. The van der Waals surface area contributed by atoms with Crippen LogP contribution in [0.2, 0.25) is 0 Å². The summed E-state index contributed by atoms with van der Waals surface area (Å²) < 4.78 is 16.4. The second-order valence-corrected chi connectivity index (χ2v) is 6.69. The van der Waals surface area contributed by atoms with Crippen molar-refractivity contribution in [3.63, 3.8) is 0 Å². The summed E-state index contributed by atoms with van der Waals surface area (Å²) in [6, 6.07) is 6.00. The van der Waals surface area contributed by atoms with E-state index < -0.39 is 0 Å². The first-order valence-corrected chi connectivity index (χ1v) is 8.75. The van der Waals surface area contributed by atoms with Crippen molar-refractivity contribution in [2.24, 2.45) is 0 Å². The normalized spacial score (nSPS) is 18.4. The van der Waals surface area contributed by atoms with Gasteiger partial charge < -0.3 is 14.0 Å². The largest absolute Gasteiger partial charge is 0.493 e. The monoisotopic (exact) mass is 341 g/mol. The molecule has 0 N–H and O–H groups in total. The minimum Gasteiger partial charge on any atom is -0.493 e. The van der Waals surface area contributed by atoms with Crippen LogP contribution < -0.4 is 9.47 Å². The van der Waals surface area contributed by atoms with Crippen molar-refractivity contribution < 1.29 is 14.0 Å². The quantitative estimate of drug-likeness (QED) is 0.852. The summed E-state index contributed by atoms with van der Waals surface area (Å²) in [6.45, 7) is 5.49. The molecule has 0 atom stereocenters. The van der Waals surface area contributed by atoms with Crippen molar-refractivity contribution in [1.29, 1.82) is 0 Å². The maximum atomic E-state index is 5.94. The molecule has 2 aliphatic rings. The van der Waals surface area contributed by atoms with Crippen LogP contribution in [-0.4, -0.2) is 48.4 Å². The summed E-state index contributed by atoms with van der Waals surface area (Å²) in [7, 11) is 1.67. The average molecular weight is 341 g/mol. The minimum absolute atomic E-state index is 0.412. The fourth-order valence-corrected chi connectivity index (χ4v) is 3.60. The number of aromatic nitrogens is 2. The Morgan fingerprint density at radius 2 is 2.12 bits per heavy atom. The van der Waals surface area contributed by atoms with Crippen LogP contribution in [0.25, 0.3) is 6.08 Å². The van der Waals surface area contributed by atoms with Gasteiger partial charge in [-0.2, -0.15) is 4.98 Å². The Morgan fingerprint density at radius 1 is 1.28 bits per heavy atom. The first-order valence-electron chi connectivity index (χ1n) is 8.75. The summed E-state index contributed by atoms with van der Waals surface area (Å²) in [5, 5.41) is 4.07. The molecule has 1 fully saturated rings. The molecule has 1 aromatic carbocycles. The van der Waals surface area contributed by atoms with Gasteiger partial charge in [0.25, 0.3) is 0 Å². The number of hydrogen-bond donors (Lipinski definition) is 0. The molecule has 3 heterocycles. The van der Waals surface area contributed by atoms with Crippen LogP contribution in [0, 0.1) is 6.92 Å². The number of para-hydroxylation sites is 1. The van der Waals surface area contributed by atoms with Gasteiger partial charge in [-0.3, -0.25) is 4.90 Å². The van der Waals surface area contributed by atoms with Crippen LogP contribution in [0.1, 0.15) is 36.0 Å². The van der Waals surface area contributed by atoms with Crippen LogP contribution in [0.5, 0.6) is 11.5 Å². The molecule has 0 aliphatic carbocycles. The number of likely N-dealkylation sites (tertiary alicyclic amines) is 1. The molecule has 6 nitrogen and oxygen atoms in total. The number of benzene rings is 1. The predicted octanol–water partition coefficient (Wildman–Crippen LogP) is 3.04. The molecule has 6 heteroatoms. The third kappa shape index (κ3) is 3.39. The van der Waals surface area contributed by atoms with E-state index in [1.54, 1.807) is 7.11 Å². The van der Waals surface area contributed by atoms with E-state index in [2.05, 4.69) is 27.2 Å². The van der Waals surface area contributed by atoms with Crippen molar-refractivity contribution in [2.75, 3.05) is 33.4 Å². The highest BCUT2D eigenvalue weighted by molar-refractivity contribution is 5.66. The third-order valence-electron chi connectivity index (χ3n) is 4.91. The summed E-state index contributed by atoms with van der Waals surface area (Å²) >= 11 is 0. The predicted molar refractivity (Wildman–Crippen MR) is 93.9 cm³/mol. The number of rotatable bonds is 4. The van der Waals surface area contributed by atoms with Gasteiger partial charge in [-0.25, -0.2) is 0 Å². The highest BCUT2D eigenvalue weighted by Gasteiger charge is 2.25. The Kier molecular flexibility index (Phi) is 4.44. The molecule has 0 bridgehead atoms. The summed E-state index contributed by atoms with van der Waals surface area (Å²) in [6.07, 6.45) is 4.37. The molecule has 2 aromatic rings. The fourth-order valence-electron chi connectivity index (χ4n) is 3.60. The second-order valence-electron chi connectivity index (χ2n) is 6.69. The number of aryl methyl sites for hydroxylation is 1. The Hall–Kier alpha value is -2.34. The van der Waals surface area contributed by atoms with E-state index >= 15 is 0 Å². The molecule has 0 radical (unpaired) electrons. The van der Waals surface area contributed by atoms with Gasteiger partial charge in [0.1, 0.15) is 6.61 Å². The van der Waals surface area contributed by atoms with Gasteiger partial charge in [0.05, 0.1) is 7.11 Å². The molecular formula is C19H23N3O3. The van der Waals surface area contributed by atoms with Crippen molar-refractivity contribution in [1.82, 2.24) is 15.0 Å². The molecule has 4 rings (SSSR count). The van der Waals surface area contributed by atoms with Gasteiger partial charge in [0.15, 0.2) is 17.3 Å². The maximum absolute atomic E-state index is 5.94. The van der Waals surface area contributed by atoms with Crippen molar-refractivity contribution in [3.05, 3.63) is 41.1 Å². The zero-order valence-corrected chi connectivity index (χ0v) is 14.7. The van der Waals surface area contributed by atoms with Crippen molar-refractivity contribution in [3.8, 4) is 11.5 Å². The van der Waals surface area contributed by atoms with Crippen molar-refractivity contribution >= 4 is 6.08 Å². The van der Waals surface area contributed by atoms with Crippen LogP contribution in [0.15, 0.2) is 28.3 Å². The topological polar surface area (TPSA) is 60.6 Å². The van der Waals surface area contributed by atoms with Crippen molar-refractivity contribution in [2.45, 2.75) is 25.7 Å². The Morgan fingerprint density at radius 3 is 2.84 bits per heavy atom. The lowest BCUT2D eigenvalue weighted by Crippen LogP contribution is -2.35. The van der Waals surface area contributed by atoms with E-state index in [9.17, 15) is 0 Å². The summed E-state index contributed by atoms with van der Waals surface area (Å²) in [5.74, 6) is 3.56. The van der Waals surface area contributed by atoms with Crippen LogP contribution in [-0.2, 0) is 0 Å². The highest BCUT2D eigenvalue weighted by atomic mass is 16.5. The van der Waals surface area contributed by atoms with Crippen LogP contribution >= 0.6 is 0 Å². The molecule has 132 valence electrons. The average Bonchev–Trinajstić information content (AvgIpc) is 3.08. The number of piperidine rings is 1. The Bertz CT molecular complexity index is 776. The second kappa shape index (κ2) is 6.88. The first-order chi connectivity index (χ1) is 12.2. The first kappa shape index (κ1) is 16.1. The molecule has 25 heavy (non-hydrogen) atoms. The van der Waals surface area contributed by atoms with Gasteiger partial charge >= 0.3 is 0 Å². The lowest BCUT2D eigenvalue weighted by atomic mass is 9.95. The Balaban J connectivity index is 1.38. The van der Waals surface area contributed by atoms with Gasteiger partial charge in [-0.05, 0) is 43.6 Å². The van der Waals surface area contributed by atoms with E-state index in [4.69, 9.17) is 14.0 Å².